The third kappa shape index (κ3) is 5.16. The van der Waals surface area contributed by atoms with Gasteiger partial charge in [0.15, 0.2) is 17.7 Å². The van der Waals surface area contributed by atoms with E-state index in [4.69, 9.17) is 23.3 Å². The van der Waals surface area contributed by atoms with Crippen LogP contribution in [0.25, 0.3) is 11.6 Å². The highest BCUT2D eigenvalue weighted by Crippen LogP contribution is 2.59. The summed E-state index contributed by atoms with van der Waals surface area (Å²) < 4.78 is 39.8. The van der Waals surface area contributed by atoms with Crippen LogP contribution in [0.5, 0.6) is 5.75 Å². The van der Waals surface area contributed by atoms with Crippen LogP contribution in [0.3, 0.4) is 0 Å². The molecule has 256 valence electrons. The number of rotatable bonds is 5. The second-order valence-corrected chi connectivity index (χ2v) is 13.8. The van der Waals surface area contributed by atoms with Crippen molar-refractivity contribution < 1.29 is 37.4 Å². The molecule has 0 saturated carbocycles. The second-order valence-electron chi connectivity index (χ2n) is 13.8. The zero-order valence-electron chi connectivity index (χ0n) is 27.5. The molecular weight excluding hydrogens is 645 g/mol. The highest BCUT2D eigenvalue weighted by Gasteiger charge is 2.61. The number of hydrogen-bond donors (Lipinski definition) is 4. The Morgan fingerprint density at radius 1 is 1.08 bits per heavy atom. The molecule has 5 heterocycles. The van der Waals surface area contributed by atoms with Crippen LogP contribution < -0.4 is 20.7 Å². The van der Waals surface area contributed by atoms with Gasteiger partial charge in [-0.1, -0.05) is 63.2 Å². The van der Waals surface area contributed by atoms with Crippen molar-refractivity contribution >= 4 is 17.7 Å². The molecule has 2 amide bonds. The summed E-state index contributed by atoms with van der Waals surface area (Å²) in [6, 6.07) is 17.3. The molecule has 0 saturated heterocycles. The van der Waals surface area contributed by atoms with Gasteiger partial charge in [-0.25, -0.2) is 19.2 Å². The third-order valence-corrected chi connectivity index (χ3v) is 9.38. The van der Waals surface area contributed by atoms with Gasteiger partial charge >= 0.3 is 6.09 Å². The summed E-state index contributed by atoms with van der Waals surface area (Å²) in [5.74, 6) is 0.0224. The van der Waals surface area contributed by atoms with Crippen LogP contribution >= 0.6 is 0 Å². The molecule has 13 heteroatoms. The standard InChI is InChI=1S/C37H34FN5O7/c1-36(2,3)29-33-42-28(32-39-22(16-44)18-47-32)30(50-33)37-23-15-21(38)10-11-25(23)40-34(37)49-27-12-9-20(13-24(27)37)14-26(31(45)43-29)41-35(46)48-17-19-7-5-4-6-8-19/h4-13,15,18,26,29,34,40,44H,14,16-17H2,1-3H3,(H,41,46)(H,43,45)/t26-,29+,34?,37+/m0/s1. The van der Waals surface area contributed by atoms with Crippen LogP contribution in [0, 0.1) is 11.2 Å². The number of alkyl carbamates (subject to hydrolysis) is 1. The monoisotopic (exact) mass is 679 g/mol. The van der Waals surface area contributed by atoms with Crippen LogP contribution in [0.15, 0.2) is 81.8 Å². The molecule has 1 unspecified atom stereocenters. The largest absolute Gasteiger partial charge is 0.469 e. The number of aliphatic hydroxyl groups excluding tert-OH is 1. The number of nitrogens with one attached hydrogen (secondary N) is 3. The number of carbonyl (C=O) groups is 2. The van der Waals surface area contributed by atoms with Gasteiger partial charge in [0.25, 0.3) is 0 Å². The number of ether oxygens (including phenoxy) is 2. The highest BCUT2D eigenvalue weighted by atomic mass is 19.1. The first-order chi connectivity index (χ1) is 24.0. The normalized spacial score (nSPS) is 21.9. The van der Waals surface area contributed by atoms with Crippen molar-refractivity contribution in [1.82, 2.24) is 20.6 Å². The molecule has 2 aromatic heterocycles. The molecule has 0 aliphatic carbocycles. The van der Waals surface area contributed by atoms with E-state index in [9.17, 15) is 14.7 Å². The van der Waals surface area contributed by atoms with Gasteiger partial charge in [0.05, 0.1) is 6.61 Å². The van der Waals surface area contributed by atoms with E-state index < -0.39 is 47.0 Å². The lowest BCUT2D eigenvalue weighted by Gasteiger charge is -2.32. The number of fused-ring (bicyclic) bond motifs is 4. The Balaban J connectivity index is 1.31. The SMILES string of the molecule is CC(C)(C)[C@@H]1NC(=O)[C@@H](NC(=O)OCc2ccccc2)Cc2ccc3c(c2)[C@]2(c4cc(F)ccc4NC2O3)c2oc1nc2-c1nc(CO)co1. The first kappa shape index (κ1) is 31.6. The summed E-state index contributed by atoms with van der Waals surface area (Å²) in [5.41, 5.74) is 1.82. The Bertz CT molecular complexity index is 2120. The lowest BCUT2D eigenvalue weighted by Crippen LogP contribution is -2.50. The van der Waals surface area contributed by atoms with Crippen LogP contribution in [-0.4, -0.2) is 39.3 Å². The predicted molar refractivity (Wildman–Crippen MR) is 176 cm³/mol. The minimum atomic E-state index is -1.29. The van der Waals surface area contributed by atoms with Crippen LogP contribution in [0.1, 0.15) is 66.4 Å². The van der Waals surface area contributed by atoms with E-state index in [1.165, 1.54) is 18.4 Å². The second kappa shape index (κ2) is 11.7. The maximum atomic E-state index is 15.2. The number of anilines is 1. The molecule has 0 fully saturated rings. The van der Waals surface area contributed by atoms with E-state index >= 15 is 4.39 Å². The number of halogens is 1. The molecule has 3 aromatic carbocycles. The fraction of sp³-hybridized carbons (Fsp3) is 0.297. The molecule has 0 radical (unpaired) electrons. The molecule has 12 nitrogen and oxygen atoms in total. The van der Waals surface area contributed by atoms with Gasteiger partial charge in [0.2, 0.25) is 17.7 Å². The van der Waals surface area contributed by atoms with Crippen molar-refractivity contribution in [2.75, 3.05) is 5.32 Å². The van der Waals surface area contributed by atoms with Gasteiger partial charge in [-0.15, -0.1) is 0 Å². The Hall–Kier alpha value is -5.69. The van der Waals surface area contributed by atoms with Crippen molar-refractivity contribution in [2.24, 2.45) is 5.41 Å². The molecular formula is C37H34FN5O7. The summed E-state index contributed by atoms with van der Waals surface area (Å²) in [4.78, 5) is 36.6. The maximum Gasteiger partial charge on any atom is 0.408 e. The molecule has 50 heavy (non-hydrogen) atoms. The fourth-order valence-electron chi connectivity index (χ4n) is 6.97. The van der Waals surface area contributed by atoms with Gasteiger partial charge in [-0.3, -0.25) is 4.79 Å². The van der Waals surface area contributed by atoms with E-state index in [1.54, 1.807) is 12.1 Å². The Kier molecular flexibility index (Phi) is 7.40. The van der Waals surface area contributed by atoms with Crippen molar-refractivity contribution in [1.29, 1.82) is 0 Å². The van der Waals surface area contributed by atoms with Gasteiger partial charge < -0.3 is 39.4 Å². The summed E-state index contributed by atoms with van der Waals surface area (Å²) in [7, 11) is 0. The molecule has 3 aliphatic heterocycles. The predicted octanol–water partition coefficient (Wildman–Crippen LogP) is 5.49. The Morgan fingerprint density at radius 2 is 1.90 bits per heavy atom. The summed E-state index contributed by atoms with van der Waals surface area (Å²) in [6.45, 7) is 5.41. The minimum absolute atomic E-state index is 0.0232. The number of carbonyl (C=O) groups excluding carboxylic acids is 2. The van der Waals surface area contributed by atoms with E-state index in [0.29, 0.717) is 28.1 Å². The van der Waals surface area contributed by atoms with Crippen molar-refractivity contribution in [3.05, 3.63) is 118 Å². The topological polar surface area (TPSA) is 161 Å². The minimum Gasteiger partial charge on any atom is -0.469 e. The molecule has 4 N–H and O–H groups in total. The first-order valence-electron chi connectivity index (χ1n) is 16.3. The zero-order valence-corrected chi connectivity index (χ0v) is 27.5. The molecule has 4 atom stereocenters. The van der Waals surface area contributed by atoms with Gasteiger partial charge in [-0.05, 0) is 40.8 Å². The van der Waals surface area contributed by atoms with Crippen LogP contribution in [-0.2, 0) is 34.6 Å². The summed E-state index contributed by atoms with van der Waals surface area (Å²) >= 11 is 0. The average Bonchev–Trinajstić information content (AvgIpc) is 3.87. The van der Waals surface area contributed by atoms with Gasteiger partial charge in [0.1, 0.15) is 47.6 Å². The number of hydrogen-bond acceptors (Lipinski definition) is 10. The smallest absolute Gasteiger partial charge is 0.408 e. The number of aromatic nitrogens is 2. The number of aliphatic hydroxyl groups is 1. The maximum absolute atomic E-state index is 15.2. The van der Waals surface area contributed by atoms with Crippen LogP contribution in [0.2, 0.25) is 0 Å². The number of amides is 2. The molecule has 8 rings (SSSR count). The molecule has 4 bridgehead atoms. The van der Waals surface area contributed by atoms with Crippen LogP contribution in [0.4, 0.5) is 14.9 Å². The first-order valence-corrected chi connectivity index (χ1v) is 16.3. The molecule has 5 aromatic rings. The lowest BCUT2D eigenvalue weighted by molar-refractivity contribution is -0.124. The zero-order chi connectivity index (χ0) is 34.8. The number of benzene rings is 3. The average molecular weight is 680 g/mol. The van der Waals surface area contributed by atoms with Gasteiger partial charge in [0, 0.05) is 23.2 Å². The third-order valence-electron chi connectivity index (χ3n) is 9.38. The lowest BCUT2D eigenvalue weighted by atomic mass is 9.72. The Labute approximate surface area is 286 Å². The molecule has 3 aliphatic rings. The number of nitrogens with zero attached hydrogens (tertiary/aromatic N) is 2. The highest BCUT2D eigenvalue weighted by molar-refractivity contribution is 5.86. The Morgan fingerprint density at radius 3 is 2.66 bits per heavy atom. The van der Waals surface area contributed by atoms with E-state index in [0.717, 1.165) is 5.56 Å². The van der Waals surface area contributed by atoms with E-state index in [-0.39, 0.29) is 48.6 Å². The van der Waals surface area contributed by atoms with E-state index in [1.807, 2.05) is 63.2 Å². The number of oxazole rings is 2. The van der Waals surface area contributed by atoms with E-state index in [2.05, 4.69) is 20.9 Å². The summed E-state index contributed by atoms with van der Waals surface area (Å²) in [5, 5.41) is 19.0. The van der Waals surface area contributed by atoms with Gasteiger partial charge in [-0.2, -0.15) is 0 Å². The quantitative estimate of drug-likeness (QED) is 0.187. The van der Waals surface area contributed by atoms with Crippen molar-refractivity contribution in [2.45, 2.75) is 64.1 Å². The van der Waals surface area contributed by atoms with Crippen molar-refractivity contribution in [3.8, 4) is 17.3 Å². The fourth-order valence-corrected chi connectivity index (χ4v) is 6.97. The molecule has 1 spiro atoms. The summed E-state index contributed by atoms with van der Waals surface area (Å²) in [6.07, 6.45) is -0.128. The van der Waals surface area contributed by atoms with Crippen molar-refractivity contribution in [3.63, 3.8) is 0 Å².